The molecule has 0 atom stereocenters. The van der Waals surface area contributed by atoms with Crippen LogP contribution in [0.15, 0.2) is 36.8 Å². The summed E-state index contributed by atoms with van der Waals surface area (Å²) in [5.74, 6) is 0. The second kappa shape index (κ2) is 5.94. The Morgan fingerprint density at radius 2 is 2.11 bits per heavy atom. The van der Waals surface area contributed by atoms with E-state index in [4.69, 9.17) is 11.6 Å². The van der Waals surface area contributed by atoms with Crippen LogP contribution in [0.4, 0.5) is 0 Å². The summed E-state index contributed by atoms with van der Waals surface area (Å²) in [4.78, 5) is 8.37. The molecule has 1 aromatic carbocycles. The van der Waals surface area contributed by atoms with Crippen LogP contribution in [0.5, 0.6) is 0 Å². The Hall–Kier alpha value is -1.45. The summed E-state index contributed by atoms with van der Waals surface area (Å²) in [7, 11) is 0. The van der Waals surface area contributed by atoms with Crippen molar-refractivity contribution in [3.8, 4) is 11.3 Å². The van der Waals surface area contributed by atoms with Crippen molar-refractivity contribution in [2.75, 3.05) is 0 Å². The van der Waals surface area contributed by atoms with E-state index in [0.717, 1.165) is 28.4 Å². The lowest BCUT2D eigenvalue weighted by atomic mass is 10.1. The molecule has 0 aliphatic heterocycles. The number of benzene rings is 1. The molecule has 0 aliphatic carbocycles. The van der Waals surface area contributed by atoms with Crippen molar-refractivity contribution in [3.05, 3.63) is 47.4 Å². The number of aromatic nitrogens is 2. The van der Waals surface area contributed by atoms with Crippen LogP contribution >= 0.6 is 11.6 Å². The standard InChI is InChI=1S/C14H16ClN3/c1-10(2)18-8-12-7-11(3-4-13(12)15)14-9-16-5-6-17-14/h3-7,9-10,18H,8H2,1-2H3. The maximum absolute atomic E-state index is 6.19. The quantitative estimate of drug-likeness (QED) is 0.918. The smallest absolute Gasteiger partial charge is 0.0885 e. The van der Waals surface area contributed by atoms with Gasteiger partial charge < -0.3 is 5.32 Å². The molecule has 0 spiro atoms. The van der Waals surface area contributed by atoms with Gasteiger partial charge >= 0.3 is 0 Å². The van der Waals surface area contributed by atoms with E-state index in [-0.39, 0.29) is 0 Å². The van der Waals surface area contributed by atoms with Crippen molar-refractivity contribution in [1.29, 1.82) is 0 Å². The zero-order valence-electron chi connectivity index (χ0n) is 10.5. The van der Waals surface area contributed by atoms with Crippen LogP contribution in [0, 0.1) is 0 Å². The average Bonchev–Trinajstić information content (AvgIpc) is 2.38. The lowest BCUT2D eigenvalue weighted by molar-refractivity contribution is 0.589. The number of rotatable bonds is 4. The molecule has 2 aromatic rings. The highest BCUT2D eigenvalue weighted by Gasteiger charge is 2.05. The highest BCUT2D eigenvalue weighted by Crippen LogP contribution is 2.23. The zero-order chi connectivity index (χ0) is 13.0. The monoisotopic (exact) mass is 261 g/mol. The summed E-state index contributed by atoms with van der Waals surface area (Å²) in [6.07, 6.45) is 5.11. The fraction of sp³-hybridized carbons (Fsp3) is 0.286. The second-order valence-corrected chi connectivity index (χ2v) is 4.84. The van der Waals surface area contributed by atoms with Crippen LogP contribution in [0.2, 0.25) is 5.02 Å². The van der Waals surface area contributed by atoms with Crippen molar-refractivity contribution in [3.63, 3.8) is 0 Å². The van der Waals surface area contributed by atoms with Gasteiger partial charge in [-0.1, -0.05) is 31.5 Å². The van der Waals surface area contributed by atoms with Crippen molar-refractivity contribution in [2.45, 2.75) is 26.4 Å². The van der Waals surface area contributed by atoms with Crippen molar-refractivity contribution in [2.24, 2.45) is 0 Å². The first kappa shape index (κ1) is 13.0. The average molecular weight is 262 g/mol. The predicted molar refractivity (Wildman–Crippen MR) is 74.5 cm³/mol. The molecule has 18 heavy (non-hydrogen) atoms. The first-order valence-electron chi connectivity index (χ1n) is 5.95. The van der Waals surface area contributed by atoms with E-state index in [1.165, 1.54) is 0 Å². The van der Waals surface area contributed by atoms with E-state index < -0.39 is 0 Å². The third-order valence-electron chi connectivity index (χ3n) is 2.61. The van der Waals surface area contributed by atoms with Gasteiger partial charge in [0.1, 0.15) is 0 Å². The number of halogens is 1. The molecule has 0 aliphatic rings. The molecule has 0 unspecified atom stereocenters. The fourth-order valence-corrected chi connectivity index (χ4v) is 1.82. The number of hydrogen-bond donors (Lipinski definition) is 1. The molecule has 4 heteroatoms. The summed E-state index contributed by atoms with van der Waals surface area (Å²) < 4.78 is 0. The molecule has 0 saturated carbocycles. The van der Waals surface area contributed by atoms with Crippen molar-refractivity contribution in [1.82, 2.24) is 15.3 Å². The van der Waals surface area contributed by atoms with Gasteiger partial charge in [0.2, 0.25) is 0 Å². The molecule has 0 fully saturated rings. The lowest BCUT2D eigenvalue weighted by Crippen LogP contribution is -2.22. The van der Waals surface area contributed by atoms with Crippen LogP contribution in [0.1, 0.15) is 19.4 Å². The SMILES string of the molecule is CC(C)NCc1cc(-c2cnccn2)ccc1Cl. The normalized spacial score (nSPS) is 10.9. The minimum atomic E-state index is 0.432. The van der Waals surface area contributed by atoms with E-state index in [0.29, 0.717) is 6.04 Å². The Kier molecular flexibility index (Phi) is 4.28. The number of nitrogens with zero attached hydrogens (tertiary/aromatic N) is 2. The Morgan fingerprint density at radius 1 is 1.28 bits per heavy atom. The summed E-state index contributed by atoms with van der Waals surface area (Å²) in [6.45, 7) is 4.98. The van der Waals surface area contributed by atoms with E-state index in [9.17, 15) is 0 Å². The Morgan fingerprint density at radius 3 is 2.78 bits per heavy atom. The molecule has 2 rings (SSSR count). The van der Waals surface area contributed by atoms with E-state index in [1.54, 1.807) is 18.6 Å². The van der Waals surface area contributed by atoms with Gasteiger partial charge in [-0.15, -0.1) is 0 Å². The van der Waals surface area contributed by atoms with Gasteiger partial charge in [-0.05, 0) is 17.7 Å². The van der Waals surface area contributed by atoms with Crippen LogP contribution < -0.4 is 5.32 Å². The van der Waals surface area contributed by atoms with Crippen LogP contribution in [-0.4, -0.2) is 16.0 Å². The number of nitrogens with one attached hydrogen (secondary N) is 1. The molecular weight excluding hydrogens is 246 g/mol. The second-order valence-electron chi connectivity index (χ2n) is 4.43. The van der Waals surface area contributed by atoms with Gasteiger partial charge in [0.25, 0.3) is 0 Å². The highest BCUT2D eigenvalue weighted by molar-refractivity contribution is 6.31. The summed E-state index contributed by atoms with van der Waals surface area (Å²) in [5.41, 5.74) is 2.97. The first-order valence-corrected chi connectivity index (χ1v) is 6.33. The van der Waals surface area contributed by atoms with E-state index >= 15 is 0 Å². The Balaban J connectivity index is 2.26. The predicted octanol–water partition coefficient (Wildman–Crippen LogP) is 3.30. The first-order chi connectivity index (χ1) is 8.66. The molecule has 1 aromatic heterocycles. The molecule has 0 saturated heterocycles. The topological polar surface area (TPSA) is 37.8 Å². The molecule has 0 amide bonds. The summed E-state index contributed by atoms with van der Waals surface area (Å²) in [6, 6.07) is 6.36. The summed E-state index contributed by atoms with van der Waals surface area (Å²) >= 11 is 6.19. The maximum Gasteiger partial charge on any atom is 0.0885 e. The van der Waals surface area contributed by atoms with Crippen molar-refractivity contribution >= 4 is 11.6 Å². The summed E-state index contributed by atoms with van der Waals surface area (Å²) in [5, 5.41) is 4.13. The zero-order valence-corrected chi connectivity index (χ0v) is 11.3. The molecular formula is C14H16ClN3. The van der Waals surface area contributed by atoms with Gasteiger partial charge in [-0.25, -0.2) is 0 Å². The van der Waals surface area contributed by atoms with Gasteiger partial charge in [0.15, 0.2) is 0 Å². The molecule has 94 valence electrons. The van der Waals surface area contributed by atoms with Crippen molar-refractivity contribution < 1.29 is 0 Å². The Bertz CT molecular complexity index is 512. The lowest BCUT2D eigenvalue weighted by Gasteiger charge is -2.11. The van der Waals surface area contributed by atoms with E-state index in [1.807, 2.05) is 12.1 Å². The largest absolute Gasteiger partial charge is 0.310 e. The van der Waals surface area contributed by atoms with Crippen LogP contribution in [-0.2, 0) is 6.54 Å². The molecule has 0 bridgehead atoms. The van der Waals surface area contributed by atoms with Crippen LogP contribution in [0.25, 0.3) is 11.3 Å². The van der Waals surface area contributed by atoms with Gasteiger partial charge in [-0.2, -0.15) is 0 Å². The molecule has 3 nitrogen and oxygen atoms in total. The molecule has 1 N–H and O–H groups in total. The maximum atomic E-state index is 6.19. The minimum Gasteiger partial charge on any atom is -0.310 e. The molecule has 0 radical (unpaired) electrons. The van der Waals surface area contributed by atoms with Gasteiger partial charge in [0.05, 0.1) is 11.9 Å². The third kappa shape index (κ3) is 3.28. The molecule has 1 heterocycles. The van der Waals surface area contributed by atoms with Crippen LogP contribution in [0.3, 0.4) is 0 Å². The van der Waals surface area contributed by atoms with E-state index in [2.05, 4.69) is 35.2 Å². The highest BCUT2D eigenvalue weighted by atomic mass is 35.5. The van der Waals surface area contributed by atoms with Gasteiger partial charge in [0, 0.05) is 35.6 Å². The van der Waals surface area contributed by atoms with Gasteiger partial charge in [-0.3, -0.25) is 9.97 Å². The third-order valence-corrected chi connectivity index (χ3v) is 2.97. The Labute approximate surface area is 112 Å². The fourth-order valence-electron chi connectivity index (χ4n) is 1.63. The minimum absolute atomic E-state index is 0.432. The number of hydrogen-bond acceptors (Lipinski definition) is 3.